The molecule has 140 valence electrons. The van der Waals surface area contributed by atoms with Gasteiger partial charge in [-0.3, -0.25) is 4.79 Å². The summed E-state index contributed by atoms with van der Waals surface area (Å²) < 4.78 is 0. The largest absolute Gasteiger partial charge is 0.322 e. The first-order chi connectivity index (χ1) is 13.1. The molecule has 4 rings (SSSR count). The lowest BCUT2D eigenvalue weighted by Gasteiger charge is -2.27. The van der Waals surface area contributed by atoms with Crippen LogP contribution in [0.2, 0.25) is 5.02 Å². The van der Waals surface area contributed by atoms with Gasteiger partial charge in [0.15, 0.2) is 0 Å². The van der Waals surface area contributed by atoms with Crippen molar-refractivity contribution in [1.29, 1.82) is 0 Å². The molecule has 1 atom stereocenters. The maximum atomic E-state index is 13.0. The molecule has 1 N–H and O–H groups in total. The second-order valence-corrected chi connectivity index (χ2v) is 7.38. The molecule has 2 aliphatic heterocycles. The summed E-state index contributed by atoms with van der Waals surface area (Å²) >= 11 is 6.36. The van der Waals surface area contributed by atoms with Crippen LogP contribution in [-0.2, 0) is 4.79 Å². The number of anilines is 2. The first kappa shape index (κ1) is 17.9. The molecule has 0 saturated carbocycles. The zero-order valence-electron chi connectivity index (χ0n) is 15.0. The summed E-state index contributed by atoms with van der Waals surface area (Å²) in [5.41, 5.74) is 2.42. The molecule has 2 aromatic rings. The zero-order chi connectivity index (χ0) is 18.8. The number of amides is 3. The predicted octanol–water partition coefficient (Wildman–Crippen LogP) is 4.84. The molecule has 27 heavy (non-hydrogen) atoms. The standard InChI is InChI=1S/C21H22ClN3O2/c22-16-8-2-1-7-15(16)18-11-5-14-25(18)21(27)23-17-9-3-4-10-19(17)24-13-6-12-20(24)26/h1-4,7-10,18H,5-6,11-14H2,(H,23,27)/t18-/m0/s1. The summed E-state index contributed by atoms with van der Waals surface area (Å²) in [6.45, 7) is 1.38. The number of rotatable bonds is 3. The van der Waals surface area contributed by atoms with Gasteiger partial charge in [0, 0.05) is 24.5 Å². The van der Waals surface area contributed by atoms with Crippen LogP contribution in [0.4, 0.5) is 16.2 Å². The second kappa shape index (κ2) is 7.61. The summed E-state index contributed by atoms with van der Waals surface area (Å²) in [5, 5.41) is 3.70. The highest BCUT2D eigenvalue weighted by molar-refractivity contribution is 6.31. The number of benzene rings is 2. The number of urea groups is 1. The Balaban J connectivity index is 1.56. The third-order valence-electron chi connectivity index (χ3n) is 5.29. The van der Waals surface area contributed by atoms with Crippen LogP contribution in [0.25, 0.3) is 0 Å². The van der Waals surface area contributed by atoms with Crippen molar-refractivity contribution >= 4 is 34.9 Å². The lowest BCUT2D eigenvalue weighted by molar-refractivity contribution is -0.117. The minimum atomic E-state index is -0.156. The van der Waals surface area contributed by atoms with Crippen LogP contribution >= 0.6 is 11.6 Å². The molecule has 5 nitrogen and oxygen atoms in total. The third-order valence-corrected chi connectivity index (χ3v) is 5.63. The Morgan fingerprint density at radius 2 is 1.81 bits per heavy atom. The van der Waals surface area contributed by atoms with Crippen LogP contribution in [-0.4, -0.2) is 29.9 Å². The molecule has 0 radical (unpaired) electrons. The number of halogens is 1. The Kier molecular flexibility index (Phi) is 5.03. The lowest BCUT2D eigenvalue weighted by atomic mass is 10.0. The molecule has 0 unspecified atom stereocenters. The molecular weight excluding hydrogens is 362 g/mol. The van der Waals surface area contributed by atoms with E-state index in [9.17, 15) is 9.59 Å². The van der Waals surface area contributed by atoms with E-state index >= 15 is 0 Å². The fraction of sp³-hybridized carbons (Fsp3) is 0.333. The van der Waals surface area contributed by atoms with Crippen molar-refractivity contribution < 1.29 is 9.59 Å². The fourth-order valence-electron chi connectivity index (χ4n) is 3.98. The molecule has 2 saturated heterocycles. The Morgan fingerprint density at radius 3 is 2.59 bits per heavy atom. The molecule has 2 fully saturated rings. The first-order valence-electron chi connectivity index (χ1n) is 9.36. The number of likely N-dealkylation sites (tertiary alicyclic amines) is 1. The van der Waals surface area contributed by atoms with Crippen molar-refractivity contribution in [3.63, 3.8) is 0 Å². The number of nitrogens with one attached hydrogen (secondary N) is 1. The minimum Gasteiger partial charge on any atom is -0.317 e. The van der Waals surface area contributed by atoms with E-state index in [4.69, 9.17) is 11.6 Å². The molecule has 0 aromatic heterocycles. The van der Waals surface area contributed by atoms with Crippen molar-refractivity contribution in [1.82, 2.24) is 4.90 Å². The number of hydrogen-bond donors (Lipinski definition) is 1. The normalized spacial score (nSPS) is 19.6. The Bertz CT molecular complexity index is 870. The van der Waals surface area contributed by atoms with E-state index in [0.29, 0.717) is 30.2 Å². The molecule has 0 bridgehead atoms. The van der Waals surface area contributed by atoms with Crippen LogP contribution in [0, 0.1) is 0 Å². The Labute approximate surface area is 163 Å². The summed E-state index contributed by atoms with van der Waals surface area (Å²) in [4.78, 5) is 28.8. The van der Waals surface area contributed by atoms with Gasteiger partial charge >= 0.3 is 6.03 Å². The summed E-state index contributed by atoms with van der Waals surface area (Å²) in [6, 6.07) is 15.0. The van der Waals surface area contributed by atoms with Crippen molar-refractivity contribution in [2.24, 2.45) is 0 Å². The van der Waals surface area contributed by atoms with Crippen molar-refractivity contribution in [2.75, 3.05) is 23.3 Å². The van der Waals surface area contributed by atoms with E-state index in [1.54, 1.807) is 4.90 Å². The van der Waals surface area contributed by atoms with Crippen LogP contribution in [0.1, 0.15) is 37.3 Å². The third kappa shape index (κ3) is 3.52. The van der Waals surface area contributed by atoms with Gasteiger partial charge in [-0.05, 0) is 43.0 Å². The van der Waals surface area contributed by atoms with Gasteiger partial charge in [0.2, 0.25) is 5.91 Å². The van der Waals surface area contributed by atoms with E-state index in [1.807, 2.05) is 53.4 Å². The summed E-state index contributed by atoms with van der Waals surface area (Å²) in [6.07, 6.45) is 3.24. The van der Waals surface area contributed by atoms with Crippen LogP contribution in [0.15, 0.2) is 48.5 Å². The first-order valence-corrected chi connectivity index (χ1v) is 9.74. The quantitative estimate of drug-likeness (QED) is 0.824. The van der Waals surface area contributed by atoms with Crippen molar-refractivity contribution in [3.05, 3.63) is 59.1 Å². The summed E-state index contributed by atoms with van der Waals surface area (Å²) in [5.74, 6) is 0.104. The molecule has 2 heterocycles. The van der Waals surface area contributed by atoms with E-state index in [2.05, 4.69) is 5.32 Å². The van der Waals surface area contributed by atoms with Gasteiger partial charge in [-0.15, -0.1) is 0 Å². The second-order valence-electron chi connectivity index (χ2n) is 6.97. The fourth-order valence-corrected chi connectivity index (χ4v) is 4.24. The zero-order valence-corrected chi connectivity index (χ0v) is 15.8. The number of para-hydroxylation sites is 2. The number of hydrogen-bond acceptors (Lipinski definition) is 2. The van der Waals surface area contributed by atoms with Crippen molar-refractivity contribution in [2.45, 2.75) is 31.7 Å². The van der Waals surface area contributed by atoms with E-state index in [1.165, 1.54) is 0 Å². The molecule has 3 amide bonds. The minimum absolute atomic E-state index is 0.0284. The van der Waals surface area contributed by atoms with E-state index in [0.717, 1.165) is 30.5 Å². The van der Waals surface area contributed by atoms with Gasteiger partial charge in [-0.25, -0.2) is 4.79 Å². The van der Waals surface area contributed by atoms with Gasteiger partial charge in [0.25, 0.3) is 0 Å². The Morgan fingerprint density at radius 1 is 1.04 bits per heavy atom. The maximum absolute atomic E-state index is 13.0. The highest BCUT2D eigenvalue weighted by atomic mass is 35.5. The van der Waals surface area contributed by atoms with Gasteiger partial charge in [-0.2, -0.15) is 0 Å². The predicted molar refractivity (Wildman–Crippen MR) is 107 cm³/mol. The average Bonchev–Trinajstić information content (AvgIpc) is 3.32. The highest BCUT2D eigenvalue weighted by Gasteiger charge is 2.32. The van der Waals surface area contributed by atoms with Gasteiger partial charge in [-0.1, -0.05) is 41.9 Å². The lowest BCUT2D eigenvalue weighted by Crippen LogP contribution is -2.35. The molecule has 2 aliphatic rings. The average molecular weight is 384 g/mol. The molecule has 6 heteroatoms. The smallest absolute Gasteiger partial charge is 0.317 e. The number of carbonyl (C=O) groups excluding carboxylic acids is 2. The topological polar surface area (TPSA) is 52.7 Å². The SMILES string of the molecule is O=C1CCCN1c1ccccc1NC(=O)N1CCC[C@H]1c1ccccc1Cl. The van der Waals surface area contributed by atoms with Crippen molar-refractivity contribution in [3.8, 4) is 0 Å². The van der Waals surface area contributed by atoms with Gasteiger partial charge < -0.3 is 15.1 Å². The Hall–Kier alpha value is -2.53. The van der Waals surface area contributed by atoms with Crippen LogP contribution in [0.5, 0.6) is 0 Å². The molecule has 0 spiro atoms. The number of carbonyl (C=O) groups is 2. The molecular formula is C21H22ClN3O2. The van der Waals surface area contributed by atoms with Gasteiger partial charge in [0.1, 0.15) is 0 Å². The number of nitrogens with zero attached hydrogens (tertiary/aromatic N) is 2. The molecule has 0 aliphatic carbocycles. The maximum Gasteiger partial charge on any atom is 0.322 e. The van der Waals surface area contributed by atoms with Gasteiger partial charge in [0.05, 0.1) is 17.4 Å². The van der Waals surface area contributed by atoms with Crippen LogP contribution in [0.3, 0.4) is 0 Å². The van der Waals surface area contributed by atoms with E-state index < -0.39 is 0 Å². The van der Waals surface area contributed by atoms with Crippen LogP contribution < -0.4 is 10.2 Å². The summed E-state index contributed by atoms with van der Waals surface area (Å²) in [7, 11) is 0. The molecule has 2 aromatic carbocycles. The monoisotopic (exact) mass is 383 g/mol. The van der Waals surface area contributed by atoms with E-state index in [-0.39, 0.29) is 18.0 Å². The highest BCUT2D eigenvalue weighted by Crippen LogP contribution is 2.37.